The van der Waals surface area contributed by atoms with Gasteiger partial charge in [-0.25, -0.2) is 9.69 Å². The molecule has 0 aromatic heterocycles. The molecule has 1 N–H and O–H groups in total. The number of carbonyl (C=O) groups excluding carboxylic acids is 3. The van der Waals surface area contributed by atoms with E-state index in [-0.39, 0.29) is 11.7 Å². The van der Waals surface area contributed by atoms with Crippen molar-refractivity contribution >= 4 is 33.7 Å². The van der Waals surface area contributed by atoms with Crippen molar-refractivity contribution in [1.82, 2.24) is 4.90 Å². The molecular formula is C16H18N2O6S. The van der Waals surface area contributed by atoms with E-state index < -0.39 is 39.3 Å². The molecule has 25 heavy (non-hydrogen) atoms. The van der Waals surface area contributed by atoms with Gasteiger partial charge in [0.15, 0.2) is 0 Å². The quantitative estimate of drug-likeness (QED) is 0.646. The van der Waals surface area contributed by atoms with Gasteiger partial charge in [0, 0.05) is 6.04 Å². The van der Waals surface area contributed by atoms with Gasteiger partial charge in [0.1, 0.15) is 6.42 Å². The van der Waals surface area contributed by atoms with Crippen molar-refractivity contribution in [3.05, 3.63) is 24.3 Å². The Morgan fingerprint density at radius 2 is 1.68 bits per heavy atom. The first-order valence-corrected chi connectivity index (χ1v) is 9.49. The molecule has 1 aliphatic carbocycles. The summed E-state index contributed by atoms with van der Waals surface area (Å²) in [7, 11) is -4.47. The van der Waals surface area contributed by atoms with Gasteiger partial charge in [-0.05, 0) is 31.0 Å². The molecule has 0 spiro atoms. The molecule has 3 rings (SSSR count). The van der Waals surface area contributed by atoms with Crippen molar-refractivity contribution in [3.63, 3.8) is 0 Å². The molecular weight excluding hydrogens is 348 g/mol. The van der Waals surface area contributed by atoms with Gasteiger partial charge in [0.25, 0.3) is 10.1 Å². The first-order valence-electron chi connectivity index (χ1n) is 8.05. The zero-order valence-corrected chi connectivity index (χ0v) is 14.2. The SMILES string of the molecule is O=C1CC(=O)N(C2CCCCC2)C(=O)N1c1cccc(S(=O)(=O)O)c1. The Morgan fingerprint density at radius 3 is 2.32 bits per heavy atom. The van der Waals surface area contributed by atoms with Gasteiger partial charge in [-0.3, -0.25) is 19.0 Å². The highest BCUT2D eigenvalue weighted by molar-refractivity contribution is 7.85. The van der Waals surface area contributed by atoms with E-state index in [2.05, 4.69) is 0 Å². The summed E-state index contributed by atoms with van der Waals surface area (Å²) in [6, 6.07) is 3.90. The zero-order chi connectivity index (χ0) is 18.2. The number of benzene rings is 1. The molecule has 9 heteroatoms. The van der Waals surface area contributed by atoms with Gasteiger partial charge < -0.3 is 0 Å². The van der Waals surface area contributed by atoms with E-state index in [1.165, 1.54) is 12.1 Å². The fourth-order valence-corrected chi connectivity index (χ4v) is 3.87. The lowest BCUT2D eigenvalue weighted by atomic mass is 9.93. The van der Waals surface area contributed by atoms with Crippen LogP contribution in [0.3, 0.4) is 0 Å². The van der Waals surface area contributed by atoms with Crippen LogP contribution in [0.4, 0.5) is 10.5 Å². The van der Waals surface area contributed by atoms with Gasteiger partial charge in [0.2, 0.25) is 11.8 Å². The van der Waals surface area contributed by atoms with E-state index in [4.69, 9.17) is 4.55 Å². The Labute approximate surface area is 145 Å². The zero-order valence-electron chi connectivity index (χ0n) is 13.4. The van der Waals surface area contributed by atoms with Gasteiger partial charge in [0.05, 0.1) is 10.6 Å². The number of urea groups is 1. The smallest absolute Gasteiger partial charge is 0.282 e. The number of barbiturate groups is 1. The number of hydrogen-bond donors (Lipinski definition) is 1. The molecule has 1 aromatic rings. The molecule has 1 saturated heterocycles. The summed E-state index contributed by atoms with van der Waals surface area (Å²) in [5, 5.41) is 0. The normalized spacial score (nSPS) is 20.3. The number of hydrogen-bond acceptors (Lipinski definition) is 5. The topological polar surface area (TPSA) is 112 Å². The minimum absolute atomic E-state index is 0.0124. The average Bonchev–Trinajstić information content (AvgIpc) is 2.55. The van der Waals surface area contributed by atoms with Gasteiger partial charge >= 0.3 is 6.03 Å². The predicted molar refractivity (Wildman–Crippen MR) is 87.5 cm³/mol. The second-order valence-corrected chi connectivity index (χ2v) is 7.64. The van der Waals surface area contributed by atoms with E-state index in [0.29, 0.717) is 12.8 Å². The lowest BCUT2D eigenvalue weighted by molar-refractivity contribution is -0.136. The average molecular weight is 366 g/mol. The third kappa shape index (κ3) is 3.42. The highest BCUT2D eigenvalue weighted by Crippen LogP contribution is 2.29. The summed E-state index contributed by atoms with van der Waals surface area (Å²) in [5.74, 6) is -1.24. The molecule has 1 aromatic carbocycles. The first-order chi connectivity index (χ1) is 11.8. The maximum Gasteiger partial charge on any atom is 0.338 e. The molecule has 1 aliphatic heterocycles. The van der Waals surface area contributed by atoms with Crippen molar-refractivity contribution in [2.75, 3.05) is 4.90 Å². The third-order valence-electron chi connectivity index (χ3n) is 4.53. The standard InChI is InChI=1S/C16H18N2O6S/c19-14-10-15(20)18(12-7-4-8-13(9-12)25(22,23)24)16(21)17(14)11-5-2-1-3-6-11/h4,7-9,11H,1-3,5-6,10H2,(H,22,23,24). The van der Waals surface area contributed by atoms with Crippen LogP contribution in [-0.2, 0) is 19.7 Å². The van der Waals surface area contributed by atoms with Crippen LogP contribution in [0.25, 0.3) is 0 Å². The number of nitrogens with zero attached hydrogens (tertiary/aromatic N) is 2. The van der Waals surface area contributed by atoms with E-state index >= 15 is 0 Å². The molecule has 8 nitrogen and oxygen atoms in total. The molecule has 0 bridgehead atoms. The highest BCUT2D eigenvalue weighted by atomic mass is 32.2. The number of anilines is 1. The molecule has 1 heterocycles. The Hall–Kier alpha value is -2.26. The minimum Gasteiger partial charge on any atom is -0.282 e. The number of carbonyl (C=O) groups is 3. The fourth-order valence-electron chi connectivity index (χ4n) is 3.35. The molecule has 0 unspecified atom stereocenters. The fraction of sp³-hybridized carbons (Fsp3) is 0.438. The lowest BCUT2D eigenvalue weighted by Gasteiger charge is -2.38. The van der Waals surface area contributed by atoms with Crippen molar-refractivity contribution in [3.8, 4) is 0 Å². The second-order valence-electron chi connectivity index (χ2n) is 6.22. The van der Waals surface area contributed by atoms with Crippen LogP contribution in [0.15, 0.2) is 29.2 Å². The van der Waals surface area contributed by atoms with Gasteiger partial charge in [-0.15, -0.1) is 0 Å². The van der Waals surface area contributed by atoms with Crippen molar-refractivity contribution in [1.29, 1.82) is 0 Å². The van der Waals surface area contributed by atoms with Crippen LogP contribution in [-0.4, -0.2) is 41.8 Å². The van der Waals surface area contributed by atoms with E-state index in [1.807, 2.05) is 0 Å². The van der Waals surface area contributed by atoms with Crippen molar-refractivity contribution in [2.45, 2.75) is 49.5 Å². The molecule has 2 fully saturated rings. The first kappa shape index (κ1) is 17.6. The summed E-state index contributed by atoms with van der Waals surface area (Å²) in [6.45, 7) is 0. The van der Waals surface area contributed by atoms with Crippen LogP contribution < -0.4 is 4.90 Å². The summed E-state index contributed by atoms with van der Waals surface area (Å²) < 4.78 is 31.8. The van der Waals surface area contributed by atoms with E-state index in [1.54, 1.807) is 0 Å². The van der Waals surface area contributed by atoms with Crippen LogP contribution in [0, 0.1) is 0 Å². The number of imide groups is 2. The molecule has 4 amide bonds. The number of amides is 4. The maximum atomic E-state index is 12.8. The van der Waals surface area contributed by atoms with Gasteiger partial charge in [-0.2, -0.15) is 8.42 Å². The maximum absolute atomic E-state index is 12.8. The Kier molecular flexibility index (Phi) is 4.61. The van der Waals surface area contributed by atoms with Gasteiger partial charge in [-0.1, -0.05) is 25.3 Å². The molecule has 1 saturated carbocycles. The van der Waals surface area contributed by atoms with Crippen molar-refractivity contribution < 1.29 is 27.4 Å². The number of rotatable bonds is 3. The van der Waals surface area contributed by atoms with Crippen LogP contribution in [0.5, 0.6) is 0 Å². The van der Waals surface area contributed by atoms with Crippen LogP contribution in [0.2, 0.25) is 0 Å². The molecule has 2 aliphatic rings. The van der Waals surface area contributed by atoms with Crippen LogP contribution in [0.1, 0.15) is 38.5 Å². The Bertz CT molecular complexity index is 829. The largest absolute Gasteiger partial charge is 0.338 e. The second kappa shape index (κ2) is 6.57. The lowest BCUT2D eigenvalue weighted by Crippen LogP contribution is -2.58. The van der Waals surface area contributed by atoms with E-state index in [9.17, 15) is 22.8 Å². The molecule has 134 valence electrons. The summed E-state index contributed by atoms with van der Waals surface area (Å²) in [5.41, 5.74) is 0.0124. The Morgan fingerprint density at radius 1 is 1.00 bits per heavy atom. The Balaban J connectivity index is 1.96. The monoisotopic (exact) mass is 366 g/mol. The van der Waals surface area contributed by atoms with Crippen molar-refractivity contribution in [2.24, 2.45) is 0 Å². The molecule has 0 radical (unpaired) electrons. The molecule has 0 atom stereocenters. The van der Waals surface area contributed by atoms with Crippen LogP contribution >= 0.6 is 0 Å². The van der Waals surface area contributed by atoms with E-state index in [0.717, 1.165) is 41.2 Å². The summed E-state index contributed by atoms with van der Waals surface area (Å²) in [4.78, 5) is 38.8. The third-order valence-corrected chi connectivity index (χ3v) is 5.38. The highest BCUT2D eigenvalue weighted by Gasteiger charge is 2.42. The summed E-state index contributed by atoms with van der Waals surface area (Å²) >= 11 is 0. The summed E-state index contributed by atoms with van der Waals surface area (Å²) in [6.07, 6.45) is 3.82. The predicted octanol–water partition coefficient (Wildman–Crippen LogP) is 1.95. The minimum atomic E-state index is -4.47.